The van der Waals surface area contributed by atoms with Crippen LogP contribution in [0, 0.1) is 5.92 Å². The second-order valence-corrected chi connectivity index (χ2v) is 4.40. The average Bonchev–Trinajstić information content (AvgIpc) is 2.96. The largest absolute Gasteiger partial charge is 0.371 e. The fraction of sp³-hybridized carbons (Fsp3) is 0.533. The number of nitrogens with zero attached hydrogens (tertiary/aromatic N) is 1. The predicted octanol–water partition coefficient (Wildman–Crippen LogP) is 2.47. The van der Waals surface area contributed by atoms with Crippen molar-refractivity contribution in [2.24, 2.45) is 5.92 Å². The van der Waals surface area contributed by atoms with Crippen molar-refractivity contribution in [3.63, 3.8) is 0 Å². The molecule has 0 bridgehead atoms. The molecular formula is C15H25N3O. The van der Waals surface area contributed by atoms with Crippen LogP contribution < -0.4 is 15.5 Å². The maximum absolute atomic E-state index is 11.1. The standard InChI is InChI=1S/C13H19N3O.C2H6/c1-14-13(17)15-9-11-7-8-16(10-11)12-5-3-2-4-6-12;1-2/h2-6,11H,7-10H2,1H3,(H2,14,15,17);1-2H3. The third-order valence-electron chi connectivity index (χ3n) is 3.19. The number of hydrogen-bond donors (Lipinski definition) is 2. The molecule has 1 fully saturated rings. The second kappa shape index (κ2) is 8.40. The van der Waals surface area contributed by atoms with Crippen molar-refractivity contribution < 1.29 is 4.79 Å². The summed E-state index contributed by atoms with van der Waals surface area (Å²) in [7, 11) is 1.64. The lowest BCUT2D eigenvalue weighted by Gasteiger charge is -2.18. The molecule has 1 aromatic carbocycles. The first-order valence-electron chi connectivity index (χ1n) is 7.05. The van der Waals surface area contributed by atoms with Crippen molar-refractivity contribution in [1.82, 2.24) is 10.6 Å². The third-order valence-corrected chi connectivity index (χ3v) is 3.19. The van der Waals surface area contributed by atoms with Gasteiger partial charge in [-0.25, -0.2) is 4.79 Å². The van der Waals surface area contributed by atoms with Crippen molar-refractivity contribution in [3.05, 3.63) is 30.3 Å². The average molecular weight is 263 g/mol. The number of carbonyl (C=O) groups is 1. The van der Waals surface area contributed by atoms with Crippen molar-refractivity contribution in [2.75, 3.05) is 31.6 Å². The van der Waals surface area contributed by atoms with Crippen LogP contribution in [0.5, 0.6) is 0 Å². The smallest absolute Gasteiger partial charge is 0.314 e. The Morgan fingerprint density at radius 3 is 2.63 bits per heavy atom. The van der Waals surface area contributed by atoms with Crippen molar-refractivity contribution in [1.29, 1.82) is 0 Å². The maximum Gasteiger partial charge on any atom is 0.314 e. The molecule has 0 saturated carbocycles. The van der Waals surface area contributed by atoms with Crippen LogP contribution in [0.3, 0.4) is 0 Å². The minimum Gasteiger partial charge on any atom is -0.371 e. The van der Waals surface area contributed by atoms with E-state index in [9.17, 15) is 4.79 Å². The SMILES string of the molecule is CC.CNC(=O)NCC1CCN(c2ccccc2)C1. The summed E-state index contributed by atoms with van der Waals surface area (Å²) in [6.45, 7) is 6.85. The molecule has 1 aromatic rings. The quantitative estimate of drug-likeness (QED) is 0.880. The van der Waals surface area contributed by atoms with E-state index in [1.807, 2.05) is 19.9 Å². The van der Waals surface area contributed by atoms with E-state index in [-0.39, 0.29) is 6.03 Å². The summed E-state index contributed by atoms with van der Waals surface area (Å²) >= 11 is 0. The van der Waals surface area contributed by atoms with E-state index in [0.717, 1.165) is 26.1 Å². The van der Waals surface area contributed by atoms with Gasteiger partial charge in [0.1, 0.15) is 0 Å². The number of hydrogen-bond acceptors (Lipinski definition) is 2. The summed E-state index contributed by atoms with van der Waals surface area (Å²) in [5.41, 5.74) is 1.27. The second-order valence-electron chi connectivity index (χ2n) is 4.40. The summed E-state index contributed by atoms with van der Waals surface area (Å²) in [6.07, 6.45) is 1.14. The highest BCUT2D eigenvalue weighted by Gasteiger charge is 2.22. The summed E-state index contributed by atoms with van der Waals surface area (Å²) in [6, 6.07) is 10.3. The minimum absolute atomic E-state index is 0.0943. The normalized spacial score (nSPS) is 17.4. The highest BCUT2D eigenvalue weighted by molar-refractivity contribution is 5.73. The van der Waals surface area contributed by atoms with Crippen LogP contribution in [0.4, 0.5) is 10.5 Å². The highest BCUT2D eigenvalue weighted by atomic mass is 16.2. The van der Waals surface area contributed by atoms with Gasteiger partial charge in [0, 0.05) is 32.4 Å². The van der Waals surface area contributed by atoms with Crippen molar-refractivity contribution in [3.8, 4) is 0 Å². The van der Waals surface area contributed by atoms with Crippen LogP contribution in [-0.2, 0) is 0 Å². The Bertz CT molecular complexity index is 367. The molecule has 0 aliphatic carbocycles. The van der Waals surface area contributed by atoms with Crippen molar-refractivity contribution >= 4 is 11.7 Å². The molecule has 19 heavy (non-hydrogen) atoms. The van der Waals surface area contributed by atoms with Gasteiger partial charge in [0.05, 0.1) is 0 Å². The van der Waals surface area contributed by atoms with Gasteiger partial charge in [-0.15, -0.1) is 0 Å². The number of rotatable bonds is 3. The minimum atomic E-state index is -0.0943. The van der Waals surface area contributed by atoms with Gasteiger partial charge in [-0.1, -0.05) is 32.0 Å². The van der Waals surface area contributed by atoms with Gasteiger partial charge in [0.2, 0.25) is 0 Å². The zero-order valence-corrected chi connectivity index (χ0v) is 12.1. The topological polar surface area (TPSA) is 44.4 Å². The number of urea groups is 1. The van der Waals surface area contributed by atoms with Crippen LogP contribution in [0.1, 0.15) is 20.3 Å². The first kappa shape index (κ1) is 15.3. The fourth-order valence-electron chi connectivity index (χ4n) is 2.20. The predicted molar refractivity (Wildman–Crippen MR) is 80.6 cm³/mol. The lowest BCUT2D eigenvalue weighted by atomic mass is 10.1. The third kappa shape index (κ3) is 4.81. The Morgan fingerprint density at radius 1 is 1.32 bits per heavy atom. The molecule has 2 rings (SSSR count). The molecule has 1 unspecified atom stereocenters. The van der Waals surface area contributed by atoms with E-state index in [4.69, 9.17) is 0 Å². The Kier molecular flexibility index (Phi) is 6.79. The molecule has 1 aliphatic heterocycles. The highest BCUT2D eigenvalue weighted by Crippen LogP contribution is 2.22. The van der Waals surface area contributed by atoms with Gasteiger partial charge >= 0.3 is 6.03 Å². The molecule has 0 aromatic heterocycles. The van der Waals surface area contributed by atoms with Gasteiger partial charge in [0.25, 0.3) is 0 Å². The number of amides is 2. The Labute approximate surface area is 116 Å². The summed E-state index contributed by atoms with van der Waals surface area (Å²) < 4.78 is 0. The van der Waals surface area contributed by atoms with Crippen LogP contribution in [0.25, 0.3) is 0 Å². The number of para-hydroxylation sites is 1. The number of nitrogens with one attached hydrogen (secondary N) is 2. The summed E-state index contributed by atoms with van der Waals surface area (Å²) in [4.78, 5) is 13.5. The van der Waals surface area contributed by atoms with E-state index in [1.165, 1.54) is 5.69 Å². The molecule has 2 amide bonds. The van der Waals surface area contributed by atoms with E-state index in [0.29, 0.717) is 5.92 Å². The summed E-state index contributed by atoms with van der Waals surface area (Å²) in [5.74, 6) is 0.549. The van der Waals surface area contributed by atoms with Gasteiger partial charge in [-0.2, -0.15) is 0 Å². The van der Waals surface area contributed by atoms with E-state index < -0.39 is 0 Å². The molecule has 0 spiro atoms. The van der Waals surface area contributed by atoms with E-state index >= 15 is 0 Å². The van der Waals surface area contributed by atoms with Crippen molar-refractivity contribution in [2.45, 2.75) is 20.3 Å². The Balaban J connectivity index is 0.000000861. The molecule has 1 atom stereocenters. The fourth-order valence-corrected chi connectivity index (χ4v) is 2.20. The summed E-state index contributed by atoms with van der Waals surface area (Å²) in [5, 5.41) is 5.44. The van der Waals surface area contributed by atoms with Crippen LogP contribution in [0.15, 0.2) is 30.3 Å². The number of carbonyl (C=O) groups excluding carboxylic acids is 1. The van der Waals surface area contributed by atoms with E-state index in [1.54, 1.807) is 7.05 Å². The Hall–Kier alpha value is -1.71. The lowest BCUT2D eigenvalue weighted by molar-refractivity contribution is 0.241. The van der Waals surface area contributed by atoms with Gasteiger partial charge in [0.15, 0.2) is 0 Å². The zero-order chi connectivity index (χ0) is 14.1. The van der Waals surface area contributed by atoms with E-state index in [2.05, 4.69) is 39.8 Å². The monoisotopic (exact) mass is 263 g/mol. The molecule has 4 heteroatoms. The molecule has 4 nitrogen and oxygen atoms in total. The van der Waals surface area contributed by atoms with Gasteiger partial charge in [-0.05, 0) is 24.5 Å². The Morgan fingerprint density at radius 2 is 2.00 bits per heavy atom. The molecule has 1 aliphatic rings. The molecule has 1 saturated heterocycles. The number of benzene rings is 1. The molecule has 0 radical (unpaired) electrons. The van der Waals surface area contributed by atoms with Crippen LogP contribution >= 0.6 is 0 Å². The van der Waals surface area contributed by atoms with Crippen LogP contribution in [-0.4, -0.2) is 32.7 Å². The zero-order valence-electron chi connectivity index (χ0n) is 12.1. The van der Waals surface area contributed by atoms with Gasteiger partial charge < -0.3 is 15.5 Å². The molecule has 106 valence electrons. The number of anilines is 1. The van der Waals surface area contributed by atoms with Gasteiger partial charge in [-0.3, -0.25) is 0 Å². The molecular weight excluding hydrogens is 238 g/mol. The molecule has 2 N–H and O–H groups in total. The maximum atomic E-state index is 11.1. The lowest BCUT2D eigenvalue weighted by Crippen LogP contribution is -2.36. The first-order chi connectivity index (χ1) is 9.29. The first-order valence-corrected chi connectivity index (χ1v) is 7.05. The molecule has 1 heterocycles. The van der Waals surface area contributed by atoms with Crippen LogP contribution in [0.2, 0.25) is 0 Å².